The van der Waals surface area contributed by atoms with Crippen molar-refractivity contribution in [3.05, 3.63) is 104 Å². The van der Waals surface area contributed by atoms with Crippen LogP contribution in [0.4, 0.5) is 0 Å². The Hall–Kier alpha value is -0.680. The summed E-state index contributed by atoms with van der Waals surface area (Å²) in [5, 5.41) is 0. The number of halogens is 2. The maximum Gasteiger partial charge on any atom is 0.0760 e. The number of benzene rings is 3. The van der Waals surface area contributed by atoms with Gasteiger partial charge in [-0.2, -0.15) is 0 Å². The molecule has 0 amide bonds. The SMILES string of the molecule is Cc1ccccc1C(SCc1ccc(Br)cc1)SCc1ccc(Br)cc1. The van der Waals surface area contributed by atoms with Crippen molar-refractivity contribution in [1.29, 1.82) is 0 Å². The molecule has 0 radical (unpaired) electrons. The molecule has 0 saturated heterocycles. The first-order chi connectivity index (χ1) is 12.6. The second kappa shape index (κ2) is 10.0. The molecule has 0 bridgehead atoms. The van der Waals surface area contributed by atoms with Gasteiger partial charge in [-0.25, -0.2) is 0 Å². The molecular weight excluding hydrogens is 488 g/mol. The Balaban J connectivity index is 1.72. The smallest absolute Gasteiger partial charge is 0.0760 e. The van der Waals surface area contributed by atoms with Crippen molar-refractivity contribution in [2.75, 3.05) is 0 Å². The highest BCUT2D eigenvalue weighted by atomic mass is 79.9. The fourth-order valence-electron chi connectivity index (χ4n) is 2.58. The molecule has 0 aromatic heterocycles. The first-order valence-electron chi connectivity index (χ1n) is 8.39. The third-order valence-electron chi connectivity index (χ3n) is 4.07. The third-order valence-corrected chi connectivity index (χ3v) is 8.06. The lowest BCUT2D eigenvalue weighted by molar-refractivity contribution is 1.26. The van der Waals surface area contributed by atoms with Crippen molar-refractivity contribution in [1.82, 2.24) is 0 Å². The lowest BCUT2D eigenvalue weighted by Crippen LogP contribution is -1.95. The minimum atomic E-state index is 0.420. The minimum Gasteiger partial charge on any atom is -0.138 e. The summed E-state index contributed by atoms with van der Waals surface area (Å²) in [6.45, 7) is 2.21. The predicted molar refractivity (Wildman–Crippen MR) is 125 cm³/mol. The van der Waals surface area contributed by atoms with Gasteiger partial charge in [0.1, 0.15) is 0 Å². The molecule has 0 aliphatic rings. The van der Waals surface area contributed by atoms with Gasteiger partial charge in [0.25, 0.3) is 0 Å². The van der Waals surface area contributed by atoms with Crippen LogP contribution in [0.5, 0.6) is 0 Å². The average molecular weight is 508 g/mol. The second-order valence-corrected chi connectivity index (χ2v) is 10.4. The Bertz CT molecular complexity index is 780. The Labute approximate surface area is 181 Å². The highest BCUT2D eigenvalue weighted by Gasteiger charge is 2.15. The van der Waals surface area contributed by atoms with E-state index in [1.807, 2.05) is 23.5 Å². The first kappa shape index (κ1) is 20.1. The third kappa shape index (κ3) is 5.91. The van der Waals surface area contributed by atoms with Crippen molar-refractivity contribution in [2.24, 2.45) is 0 Å². The minimum absolute atomic E-state index is 0.420. The van der Waals surface area contributed by atoms with Crippen LogP contribution in [0, 0.1) is 6.92 Å². The quantitative estimate of drug-likeness (QED) is 0.294. The van der Waals surface area contributed by atoms with Crippen molar-refractivity contribution in [3.63, 3.8) is 0 Å². The van der Waals surface area contributed by atoms with Gasteiger partial charge in [-0.3, -0.25) is 0 Å². The van der Waals surface area contributed by atoms with Crippen LogP contribution in [0.2, 0.25) is 0 Å². The summed E-state index contributed by atoms with van der Waals surface area (Å²) in [4.78, 5) is 0. The number of hydrogen-bond acceptors (Lipinski definition) is 2. The predicted octanol–water partition coefficient (Wildman–Crippen LogP) is 8.39. The van der Waals surface area contributed by atoms with E-state index in [1.54, 1.807) is 0 Å². The molecule has 0 saturated carbocycles. The second-order valence-electron chi connectivity index (χ2n) is 6.06. The van der Waals surface area contributed by atoms with Gasteiger partial charge in [-0.1, -0.05) is 80.4 Å². The summed E-state index contributed by atoms with van der Waals surface area (Å²) < 4.78 is 2.68. The van der Waals surface area contributed by atoms with E-state index in [2.05, 4.69) is 112 Å². The van der Waals surface area contributed by atoms with E-state index in [0.29, 0.717) is 4.58 Å². The van der Waals surface area contributed by atoms with Gasteiger partial charge in [-0.15, -0.1) is 23.5 Å². The number of aryl methyl sites for hydroxylation is 1. The molecule has 0 nitrogen and oxygen atoms in total. The van der Waals surface area contributed by atoms with E-state index in [9.17, 15) is 0 Å². The Kier molecular flexibility index (Phi) is 7.74. The molecule has 4 heteroatoms. The summed E-state index contributed by atoms with van der Waals surface area (Å²) in [6, 6.07) is 26.0. The Morgan fingerprint density at radius 1 is 0.692 bits per heavy atom. The number of thioether (sulfide) groups is 2. The van der Waals surface area contributed by atoms with Crippen LogP contribution in [0.3, 0.4) is 0 Å². The number of rotatable bonds is 7. The molecule has 0 heterocycles. The lowest BCUT2D eigenvalue weighted by Gasteiger charge is -2.19. The highest BCUT2D eigenvalue weighted by molar-refractivity contribution is 9.10. The molecule has 134 valence electrons. The van der Waals surface area contributed by atoms with Gasteiger partial charge in [-0.05, 0) is 53.4 Å². The first-order valence-corrected chi connectivity index (χ1v) is 12.1. The average Bonchev–Trinajstić information content (AvgIpc) is 2.65. The molecule has 0 aliphatic heterocycles. The number of hydrogen-bond donors (Lipinski definition) is 0. The molecule has 0 atom stereocenters. The Morgan fingerprint density at radius 3 is 1.62 bits per heavy atom. The summed E-state index contributed by atoms with van der Waals surface area (Å²) in [7, 11) is 0. The van der Waals surface area contributed by atoms with Crippen LogP contribution in [-0.2, 0) is 11.5 Å². The van der Waals surface area contributed by atoms with E-state index in [-0.39, 0.29) is 0 Å². The molecule has 0 unspecified atom stereocenters. The van der Waals surface area contributed by atoms with E-state index in [1.165, 1.54) is 22.3 Å². The van der Waals surface area contributed by atoms with Crippen LogP contribution in [0.25, 0.3) is 0 Å². The summed E-state index contributed by atoms with van der Waals surface area (Å²) >= 11 is 11.0. The van der Waals surface area contributed by atoms with Crippen LogP contribution >= 0.6 is 55.4 Å². The van der Waals surface area contributed by atoms with Crippen LogP contribution in [0.15, 0.2) is 81.7 Å². The fourth-order valence-corrected chi connectivity index (χ4v) is 5.87. The van der Waals surface area contributed by atoms with Crippen molar-refractivity contribution in [3.8, 4) is 0 Å². The maximum atomic E-state index is 3.51. The Morgan fingerprint density at radius 2 is 1.15 bits per heavy atom. The van der Waals surface area contributed by atoms with Crippen LogP contribution < -0.4 is 0 Å². The molecular formula is C22H20Br2S2. The van der Waals surface area contributed by atoms with Crippen LogP contribution in [0.1, 0.15) is 26.8 Å². The van der Waals surface area contributed by atoms with Gasteiger partial charge in [0.05, 0.1) is 4.58 Å². The molecule has 26 heavy (non-hydrogen) atoms. The zero-order chi connectivity index (χ0) is 18.4. The van der Waals surface area contributed by atoms with E-state index >= 15 is 0 Å². The van der Waals surface area contributed by atoms with E-state index in [0.717, 1.165) is 20.5 Å². The van der Waals surface area contributed by atoms with Crippen molar-refractivity contribution >= 4 is 55.4 Å². The molecule has 0 fully saturated rings. The standard InChI is InChI=1S/C22H20Br2S2/c1-16-4-2-3-5-21(16)22(25-14-17-6-10-19(23)11-7-17)26-15-18-8-12-20(24)13-9-18/h2-13,22H,14-15H2,1H3. The van der Waals surface area contributed by atoms with E-state index in [4.69, 9.17) is 0 Å². The zero-order valence-corrected chi connectivity index (χ0v) is 19.3. The topological polar surface area (TPSA) is 0 Å². The molecule has 3 aromatic rings. The van der Waals surface area contributed by atoms with Gasteiger partial charge in [0.2, 0.25) is 0 Å². The molecule has 0 N–H and O–H groups in total. The zero-order valence-electron chi connectivity index (χ0n) is 14.5. The van der Waals surface area contributed by atoms with Crippen molar-refractivity contribution in [2.45, 2.75) is 23.0 Å². The highest BCUT2D eigenvalue weighted by Crippen LogP contribution is 2.43. The fraction of sp³-hybridized carbons (Fsp3) is 0.182. The summed E-state index contributed by atoms with van der Waals surface area (Å²) in [5.41, 5.74) is 5.52. The van der Waals surface area contributed by atoms with Crippen LogP contribution in [-0.4, -0.2) is 0 Å². The lowest BCUT2D eigenvalue weighted by atomic mass is 10.1. The monoisotopic (exact) mass is 506 g/mol. The molecule has 0 spiro atoms. The van der Waals surface area contributed by atoms with Gasteiger partial charge in [0.15, 0.2) is 0 Å². The van der Waals surface area contributed by atoms with E-state index < -0.39 is 0 Å². The summed E-state index contributed by atoms with van der Waals surface area (Å²) in [5.74, 6) is 2.03. The molecule has 3 aromatic carbocycles. The van der Waals surface area contributed by atoms with Gasteiger partial charge < -0.3 is 0 Å². The largest absolute Gasteiger partial charge is 0.138 e. The van der Waals surface area contributed by atoms with Gasteiger partial charge in [0, 0.05) is 20.5 Å². The molecule has 0 aliphatic carbocycles. The molecule has 3 rings (SSSR count). The normalized spacial score (nSPS) is 11.1. The van der Waals surface area contributed by atoms with Gasteiger partial charge >= 0.3 is 0 Å². The van der Waals surface area contributed by atoms with Crippen molar-refractivity contribution < 1.29 is 0 Å². The maximum absolute atomic E-state index is 3.51. The summed E-state index contributed by atoms with van der Waals surface area (Å²) in [6.07, 6.45) is 0.